The van der Waals surface area contributed by atoms with Gasteiger partial charge in [-0.15, -0.1) is 0 Å². The molecule has 0 saturated carbocycles. The van der Waals surface area contributed by atoms with Crippen LogP contribution in [0.2, 0.25) is 0 Å². The van der Waals surface area contributed by atoms with E-state index in [0.29, 0.717) is 0 Å². The molecule has 1 aromatic carbocycles. The van der Waals surface area contributed by atoms with E-state index in [1.807, 2.05) is 18.2 Å². The van der Waals surface area contributed by atoms with E-state index in [1.165, 1.54) is 13.8 Å². The van der Waals surface area contributed by atoms with Crippen LogP contribution >= 0.6 is 0 Å². The monoisotopic (exact) mass is 294 g/mol. The number of benzene rings is 1. The van der Waals surface area contributed by atoms with Crippen molar-refractivity contribution in [2.24, 2.45) is 5.73 Å². The van der Waals surface area contributed by atoms with Gasteiger partial charge in [-0.2, -0.15) is 0 Å². The molecule has 114 valence electrons. The van der Waals surface area contributed by atoms with E-state index in [9.17, 15) is 14.4 Å². The number of esters is 2. The van der Waals surface area contributed by atoms with Crippen LogP contribution < -0.4 is 11.1 Å². The number of carbonyl (C=O) groups excluding carboxylic acids is 3. The molecule has 0 spiro atoms. The van der Waals surface area contributed by atoms with Crippen LogP contribution in [0.3, 0.4) is 0 Å². The van der Waals surface area contributed by atoms with Gasteiger partial charge >= 0.3 is 18.0 Å². The molecule has 0 fully saturated rings. The fourth-order valence-electron chi connectivity index (χ4n) is 1.28. The van der Waals surface area contributed by atoms with Crippen molar-refractivity contribution in [2.75, 3.05) is 0 Å². The molecule has 7 nitrogen and oxygen atoms in total. The minimum Gasteiger partial charge on any atom is -0.445 e. The lowest BCUT2D eigenvalue weighted by atomic mass is 10.2. The van der Waals surface area contributed by atoms with E-state index >= 15 is 0 Å². The summed E-state index contributed by atoms with van der Waals surface area (Å²) >= 11 is 0. The van der Waals surface area contributed by atoms with Crippen molar-refractivity contribution in [2.45, 2.75) is 32.5 Å². The quantitative estimate of drug-likeness (QED) is 0.612. The number of carbonyl (C=O) groups is 3. The average molecular weight is 294 g/mol. The predicted octanol–water partition coefficient (Wildman–Crippen LogP) is 0.718. The van der Waals surface area contributed by atoms with Gasteiger partial charge in [-0.1, -0.05) is 30.3 Å². The maximum Gasteiger partial charge on any atom is 0.408 e. The Hall–Kier alpha value is -2.41. The fourth-order valence-corrected chi connectivity index (χ4v) is 1.28. The highest BCUT2D eigenvalue weighted by Gasteiger charge is 2.22. The zero-order valence-corrected chi connectivity index (χ0v) is 11.9. The Labute approximate surface area is 122 Å². The molecule has 0 unspecified atom stereocenters. The lowest BCUT2D eigenvalue weighted by Crippen LogP contribution is -2.42. The van der Waals surface area contributed by atoms with Crippen LogP contribution in [0.15, 0.2) is 30.3 Å². The fraction of sp³-hybridized carbons (Fsp3) is 0.357. The highest BCUT2D eigenvalue weighted by Crippen LogP contribution is 2.01. The van der Waals surface area contributed by atoms with Gasteiger partial charge < -0.3 is 20.5 Å². The third-order valence-corrected chi connectivity index (χ3v) is 2.47. The minimum atomic E-state index is -1.02. The van der Waals surface area contributed by atoms with Gasteiger partial charge in [-0.3, -0.25) is 0 Å². The molecule has 0 saturated heterocycles. The van der Waals surface area contributed by atoms with Crippen molar-refractivity contribution in [3.63, 3.8) is 0 Å². The highest BCUT2D eigenvalue weighted by atomic mass is 16.6. The van der Waals surface area contributed by atoms with Gasteiger partial charge in [0.25, 0.3) is 0 Å². The molecule has 2 atom stereocenters. The second-order valence-corrected chi connectivity index (χ2v) is 4.46. The molecule has 1 aromatic rings. The van der Waals surface area contributed by atoms with Gasteiger partial charge in [0, 0.05) is 0 Å². The van der Waals surface area contributed by atoms with Gasteiger partial charge in [0.05, 0.1) is 0 Å². The number of hydrogen-bond donors (Lipinski definition) is 2. The number of nitrogens with one attached hydrogen (secondary N) is 1. The summed E-state index contributed by atoms with van der Waals surface area (Å²) in [7, 11) is 0. The second kappa shape index (κ2) is 8.01. The largest absolute Gasteiger partial charge is 0.445 e. The Morgan fingerprint density at radius 3 is 2.33 bits per heavy atom. The van der Waals surface area contributed by atoms with Crippen molar-refractivity contribution in [3.05, 3.63) is 35.9 Å². The Morgan fingerprint density at radius 1 is 1.14 bits per heavy atom. The molecule has 0 aromatic heterocycles. The van der Waals surface area contributed by atoms with Gasteiger partial charge in [0.2, 0.25) is 0 Å². The van der Waals surface area contributed by atoms with Crippen molar-refractivity contribution in [3.8, 4) is 0 Å². The number of hydrogen-bond acceptors (Lipinski definition) is 6. The van der Waals surface area contributed by atoms with E-state index in [1.54, 1.807) is 12.1 Å². The predicted molar refractivity (Wildman–Crippen MR) is 74.0 cm³/mol. The molecular formula is C14H18N2O5. The summed E-state index contributed by atoms with van der Waals surface area (Å²) in [4.78, 5) is 34.1. The molecule has 7 heteroatoms. The molecule has 0 radical (unpaired) electrons. The van der Waals surface area contributed by atoms with Crippen LogP contribution in [0.1, 0.15) is 19.4 Å². The van der Waals surface area contributed by atoms with Gasteiger partial charge in [-0.05, 0) is 19.4 Å². The highest BCUT2D eigenvalue weighted by molar-refractivity contribution is 5.91. The summed E-state index contributed by atoms with van der Waals surface area (Å²) < 4.78 is 9.40. The summed E-state index contributed by atoms with van der Waals surface area (Å²) in [6, 6.07) is 7.14. The molecule has 0 aliphatic heterocycles. The molecule has 1 rings (SSSR count). The molecule has 21 heavy (non-hydrogen) atoms. The van der Waals surface area contributed by atoms with Crippen LogP contribution in [0, 0.1) is 0 Å². The average Bonchev–Trinajstić information content (AvgIpc) is 2.45. The van der Waals surface area contributed by atoms with Crippen LogP contribution in [0.25, 0.3) is 0 Å². The Morgan fingerprint density at radius 2 is 1.76 bits per heavy atom. The molecular weight excluding hydrogens is 276 g/mol. The van der Waals surface area contributed by atoms with Gasteiger partial charge in [0.15, 0.2) is 0 Å². The lowest BCUT2D eigenvalue weighted by Gasteiger charge is -2.13. The molecule has 0 aliphatic rings. The molecule has 1 amide bonds. The standard InChI is InChI=1S/C14H18N2O5/c1-9(15)12(17)21-13(18)10(2)16-14(19)20-8-11-6-4-3-5-7-11/h3-7,9-10H,8,15H2,1-2H3,(H,16,19)/t9-,10-/m0/s1. The topological polar surface area (TPSA) is 108 Å². The zero-order valence-electron chi connectivity index (χ0n) is 11.9. The van der Waals surface area contributed by atoms with Gasteiger partial charge in [0.1, 0.15) is 18.7 Å². The summed E-state index contributed by atoms with van der Waals surface area (Å²) in [6.45, 7) is 2.84. The van der Waals surface area contributed by atoms with Crippen molar-refractivity contribution in [1.82, 2.24) is 5.32 Å². The van der Waals surface area contributed by atoms with Crippen LogP contribution in [0.4, 0.5) is 4.79 Å². The number of rotatable bonds is 5. The van der Waals surface area contributed by atoms with E-state index in [4.69, 9.17) is 10.5 Å². The van der Waals surface area contributed by atoms with Crippen LogP contribution in [0.5, 0.6) is 0 Å². The smallest absolute Gasteiger partial charge is 0.408 e. The lowest BCUT2D eigenvalue weighted by molar-refractivity contribution is -0.161. The first-order chi connectivity index (χ1) is 9.90. The number of ether oxygens (including phenoxy) is 2. The first-order valence-corrected chi connectivity index (χ1v) is 6.38. The summed E-state index contributed by atoms with van der Waals surface area (Å²) in [5, 5.41) is 2.27. The van der Waals surface area contributed by atoms with Crippen LogP contribution in [-0.4, -0.2) is 30.1 Å². The maximum absolute atomic E-state index is 11.5. The molecule has 0 heterocycles. The zero-order chi connectivity index (χ0) is 15.8. The molecule has 0 aliphatic carbocycles. The number of nitrogens with two attached hydrogens (primary N) is 1. The van der Waals surface area contributed by atoms with E-state index < -0.39 is 30.1 Å². The SMILES string of the molecule is C[C@H](N)C(=O)OC(=O)[C@H](C)NC(=O)OCc1ccccc1. The van der Waals surface area contributed by atoms with E-state index in [-0.39, 0.29) is 6.61 Å². The normalized spacial score (nSPS) is 12.9. The third-order valence-electron chi connectivity index (χ3n) is 2.47. The Balaban J connectivity index is 2.36. The Bertz CT molecular complexity index is 501. The Kier molecular flexibility index (Phi) is 6.35. The van der Waals surface area contributed by atoms with Crippen molar-refractivity contribution < 1.29 is 23.9 Å². The third kappa shape index (κ3) is 6.05. The first-order valence-electron chi connectivity index (χ1n) is 6.38. The maximum atomic E-state index is 11.5. The van der Waals surface area contributed by atoms with Crippen molar-refractivity contribution in [1.29, 1.82) is 0 Å². The van der Waals surface area contributed by atoms with E-state index in [2.05, 4.69) is 10.1 Å². The molecule has 3 N–H and O–H groups in total. The summed E-state index contributed by atoms with van der Waals surface area (Å²) in [5.41, 5.74) is 6.07. The van der Waals surface area contributed by atoms with E-state index in [0.717, 1.165) is 5.56 Å². The molecule has 0 bridgehead atoms. The van der Waals surface area contributed by atoms with Crippen LogP contribution in [-0.2, 0) is 25.7 Å². The minimum absolute atomic E-state index is 0.0766. The second-order valence-electron chi connectivity index (χ2n) is 4.46. The van der Waals surface area contributed by atoms with Crippen molar-refractivity contribution >= 4 is 18.0 Å². The van der Waals surface area contributed by atoms with Gasteiger partial charge in [-0.25, -0.2) is 14.4 Å². The summed E-state index contributed by atoms with van der Waals surface area (Å²) in [6.07, 6.45) is -0.781. The summed E-state index contributed by atoms with van der Waals surface area (Å²) in [5.74, 6) is -1.75. The first kappa shape index (κ1) is 16.6. The number of amides is 1. The number of alkyl carbamates (subject to hydrolysis) is 1.